The van der Waals surface area contributed by atoms with Gasteiger partial charge < -0.3 is 43.4 Å². The van der Waals surface area contributed by atoms with E-state index in [9.17, 15) is 9.90 Å². The summed E-state index contributed by atoms with van der Waals surface area (Å²) >= 11 is 0. The maximum Gasteiger partial charge on any atom is 1.00 e. The number of aliphatic hydroxyl groups excluding tert-OH is 1. The van der Waals surface area contributed by atoms with Crippen molar-refractivity contribution in [2.75, 3.05) is 34.3 Å². The van der Waals surface area contributed by atoms with E-state index in [0.717, 1.165) is 11.0 Å². The fourth-order valence-corrected chi connectivity index (χ4v) is 0.874. The molecule has 0 aliphatic heterocycles. The predicted octanol–water partition coefficient (Wildman–Crippen LogP) is -7.23. The van der Waals surface area contributed by atoms with Gasteiger partial charge in [-0.05, 0) is 5.56 Å². The Bertz CT molecular complexity index is 396. The zero-order valence-electron chi connectivity index (χ0n) is 13.5. The van der Waals surface area contributed by atoms with Gasteiger partial charge in [-0.15, -0.1) is 0 Å². The number of benzene rings is 1. The van der Waals surface area contributed by atoms with Crippen LogP contribution in [-0.2, 0) is 0 Å². The van der Waals surface area contributed by atoms with Crippen molar-refractivity contribution in [1.29, 1.82) is 0 Å². The smallest absolute Gasteiger partial charge is 1.00 e. The van der Waals surface area contributed by atoms with Gasteiger partial charge in [0.15, 0.2) is 0 Å². The van der Waals surface area contributed by atoms with Crippen LogP contribution in [0.25, 0.3) is 0 Å². The number of aliphatic hydroxyl groups is 1. The number of nitrogens with zero attached hydrogens (tertiary/aromatic N) is 1. The van der Waals surface area contributed by atoms with Crippen molar-refractivity contribution in [3.05, 3.63) is 35.9 Å². The molecule has 0 bridgehead atoms. The summed E-state index contributed by atoms with van der Waals surface area (Å²) in [4.78, 5) is 19.1. The van der Waals surface area contributed by atoms with Crippen LogP contribution < -0.4 is 58.5 Å². The molecule has 1 aromatic rings. The monoisotopic (exact) mass is 343 g/mol. The zero-order valence-corrected chi connectivity index (χ0v) is 16.2. The average molecular weight is 344 g/mol. The van der Waals surface area contributed by atoms with Gasteiger partial charge in [0.2, 0.25) is 0 Å². The SMILES string of the molecule is C[N+](C)(C)CCO.NC(N)=O.O=C([O-])c1ccccc1.[Cl-].[Na+]. The minimum atomic E-state index is -1.13. The Morgan fingerprint density at radius 2 is 1.50 bits per heavy atom. The molecule has 0 saturated heterocycles. The summed E-state index contributed by atoms with van der Waals surface area (Å²) in [6.45, 7) is 1.11. The maximum atomic E-state index is 10.1. The fraction of sp³-hybridized carbons (Fsp3) is 0.385. The first kappa shape index (κ1) is 29.2. The van der Waals surface area contributed by atoms with E-state index in [1.807, 2.05) is 0 Å². The van der Waals surface area contributed by atoms with Gasteiger partial charge in [-0.2, -0.15) is 0 Å². The van der Waals surface area contributed by atoms with Crippen LogP contribution in [0.5, 0.6) is 0 Å². The molecule has 0 fully saturated rings. The molecule has 1 rings (SSSR count). The standard InChI is InChI=1S/C7H6O2.C5H14NO.CH4N2O.ClH.Na/c8-7(9)6-4-2-1-3-5-6;1-6(2,3)4-5-7;2-1(3)4;;/h1-5H,(H,8,9);7H,4-5H2,1-3H3;(H4,2,3,4);1H;/q;+1;;;+1/p-2. The summed E-state index contributed by atoms with van der Waals surface area (Å²) in [5.41, 5.74) is 8.72. The van der Waals surface area contributed by atoms with Gasteiger partial charge in [-0.1, -0.05) is 30.3 Å². The first-order valence-corrected chi connectivity index (χ1v) is 5.82. The van der Waals surface area contributed by atoms with E-state index in [4.69, 9.17) is 9.90 Å². The Balaban J connectivity index is -0.000000113. The molecule has 22 heavy (non-hydrogen) atoms. The number of carbonyl (C=O) groups excluding carboxylic acids is 2. The van der Waals surface area contributed by atoms with Crippen LogP contribution in [0.3, 0.4) is 0 Å². The summed E-state index contributed by atoms with van der Waals surface area (Å²) in [7, 11) is 6.16. The summed E-state index contributed by atoms with van der Waals surface area (Å²) < 4.78 is 0.844. The zero-order chi connectivity index (χ0) is 16.2. The Hall–Kier alpha value is -0.830. The molecule has 0 aromatic heterocycles. The van der Waals surface area contributed by atoms with Crippen molar-refractivity contribution in [2.24, 2.45) is 11.5 Å². The van der Waals surface area contributed by atoms with Crippen LogP contribution in [-0.4, -0.2) is 55.9 Å². The number of carboxylic acids is 1. The van der Waals surface area contributed by atoms with Crippen molar-refractivity contribution in [2.45, 2.75) is 0 Å². The number of quaternary nitrogens is 1. The fourth-order valence-electron chi connectivity index (χ4n) is 0.874. The molecule has 5 N–H and O–H groups in total. The quantitative estimate of drug-likeness (QED) is 0.372. The molecular weight excluding hydrogens is 321 g/mol. The molecule has 0 saturated carbocycles. The normalized spacial score (nSPS) is 8.55. The minimum absolute atomic E-state index is 0. The number of nitrogens with two attached hydrogens (primary N) is 2. The molecular formula is C13H23ClN3NaO4. The second-order valence-electron chi connectivity index (χ2n) is 4.79. The van der Waals surface area contributed by atoms with Crippen LogP contribution in [0.1, 0.15) is 10.4 Å². The van der Waals surface area contributed by atoms with Gasteiger partial charge in [-0.3, -0.25) is 0 Å². The molecule has 0 radical (unpaired) electrons. The Kier molecular flexibility index (Phi) is 22.0. The number of urea groups is 1. The van der Waals surface area contributed by atoms with E-state index in [-0.39, 0.29) is 54.1 Å². The van der Waals surface area contributed by atoms with Crippen LogP contribution in [0.15, 0.2) is 30.3 Å². The number of rotatable bonds is 3. The second-order valence-corrected chi connectivity index (χ2v) is 4.79. The van der Waals surface area contributed by atoms with Crippen LogP contribution in [0, 0.1) is 0 Å². The first-order valence-electron chi connectivity index (χ1n) is 5.82. The molecule has 0 aliphatic rings. The maximum absolute atomic E-state index is 10.1. The number of hydrogen-bond acceptors (Lipinski definition) is 4. The van der Waals surface area contributed by atoms with Gasteiger partial charge >= 0.3 is 35.6 Å². The van der Waals surface area contributed by atoms with Gasteiger partial charge in [0.1, 0.15) is 6.54 Å². The van der Waals surface area contributed by atoms with Crippen molar-refractivity contribution in [3.63, 3.8) is 0 Å². The van der Waals surface area contributed by atoms with Crippen LogP contribution in [0.4, 0.5) is 4.79 Å². The molecule has 0 heterocycles. The largest absolute Gasteiger partial charge is 1.00 e. The van der Waals surface area contributed by atoms with E-state index in [1.54, 1.807) is 18.2 Å². The summed E-state index contributed by atoms with van der Waals surface area (Å²) in [5.74, 6) is -1.13. The van der Waals surface area contributed by atoms with Gasteiger partial charge in [-0.25, -0.2) is 4.79 Å². The molecule has 9 heteroatoms. The van der Waals surface area contributed by atoms with Crippen molar-refractivity contribution in [1.82, 2.24) is 0 Å². The summed E-state index contributed by atoms with van der Waals surface area (Å²) in [6, 6.07) is 7.23. The molecule has 0 atom stereocenters. The Morgan fingerprint density at radius 3 is 1.64 bits per heavy atom. The number of carbonyl (C=O) groups is 2. The molecule has 0 spiro atoms. The number of primary amides is 2. The molecule has 122 valence electrons. The van der Waals surface area contributed by atoms with E-state index in [1.165, 1.54) is 12.1 Å². The molecule has 0 unspecified atom stereocenters. The van der Waals surface area contributed by atoms with Gasteiger partial charge in [0.05, 0.1) is 33.7 Å². The van der Waals surface area contributed by atoms with Crippen molar-refractivity contribution >= 4 is 12.0 Å². The van der Waals surface area contributed by atoms with E-state index >= 15 is 0 Å². The summed E-state index contributed by atoms with van der Waals surface area (Å²) in [6.07, 6.45) is 0. The number of halogens is 1. The Labute approximate surface area is 159 Å². The number of aromatic carboxylic acids is 1. The van der Waals surface area contributed by atoms with Gasteiger partial charge in [0.25, 0.3) is 0 Å². The van der Waals surface area contributed by atoms with Crippen molar-refractivity contribution in [3.8, 4) is 0 Å². The number of hydrogen-bond donors (Lipinski definition) is 3. The van der Waals surface area contributed by atoms with E-state index < -0.39 is 12.0 Å². The van der Waals surface area contributed by atoms with Crippen molar-refractivity contribution < 1.29 is 66.2 Å². The molecule has 2 amide bonds. The minimum Gasteiger partial charge on any atom is -1.00 e. The van der Waals surface area contributed by atoms with E-state index in [2.05, 4.69) is 32.6 Å². The number of amides is 2. The third-order valence-electron chi connectivity index (χ3n) is 1.78. The Morgan fingerprint density at radius 1 is 1.14 bits per heavy atom. The number of carboxylic acid groups (broad SMARTS) is 1. The average Bonchev–Trinajstić information content (AvgIpc) is 2.28. The van der Waals surface area contributed by atoms with E-state index in [0.29, 0.717) is 0 Å². The third-order valence-corrected chi connectivity index (χ3v) is 1.78. The van der Waals surface area contributed by atoms with Crippen LogP contribution in [0.2, 0.25) is 0 Å². The molecule has 7 nitrogen and oxygen atoms in total. The second kappa shape index (κ2) is 16.5. The third kappa shape index (κ3) is 27.5. The number of likely N-dealkylation sites (N-methyl/N-ethyl adjacent to an activating group) is 1. The summed E-state index contributed by atoms with van der Waals surface area (Å²) in [5, 5.41) is 18.5. The van der Waals surface area contributed by atoms with Crippen LogP contribution >= 0.6 is 0 Å². The molecule has 0 aliphatic carbocycles. The first-order chi connectivity index (χ1) is 9.10. The van der Waals surface area contributed by atoms with Gasteiger partial charge in [0, 0.05) is 0 Å². The topological polar surface area (TPSA) is 129 Å². The predicted molar refractivity (Wildman–Crippen MR) is 74.5 cm³/mol. The molecule has 1 aromatic carbocycles.